The van der Waals surface area contributed by atoms with Crippen molar-refractivity contribution in [2.75, 3.05) is 5.32 Å². The van der Waals surface area contributed by atoms with Crippen molar-refractivity contribution in [3.05, 3.63) is 76.8 Å². The third-order valence-corrected chi connectivity index (χ3v) is 5.41. The predicted octanol–water partition coefficient (Wildman–Crippen LogP) is 3.64. The van der Waals surface area contributed by atoms with E-state index in [-0.39, 0.29) is 23.4 Å². The maximum atomic E-state index is 13.2. The third-order valence-electron chi connectivity index (χ3n) is 5.41. The molecular formula is C23H23N3O3. The number of carbonyl (C=O) groups excluding carboxylic acids is 2. The molecule has 1 aliphatic carbocycles. The smallest absolute Gasteiger partial charge is 0.255 e. The van der Waals surface area contributed by atoms with Crippen molar-refractivity contribution in [2.45, 2.75) is 32.6 Å². The monoisotopic (exact) mass is 389 g/mol. The Morgan fingerprint density at radius 1 is 1.17 bits per heavy atom. The van der Waals surface area contributed by atoms with Crippen molar-refractivity contribution in [2.24, 2.45) is 5.92 Å². The number of aromatic hydroxyl groups is 1. The number of pyridine rings is 1. The number of carbonyl (C=O) groups is 2. The van der Waals surface area contributed by atoms with Crippen LogP contribution in [0.3, 0.4) is 0 Å². The fourth-order valence-corrected chi connectivity index (χ4v) is 4.16. The van der Waals surface area contributed by atoms with E-state index in [1.807, 2.05) is 6.92 Å². The highest BCUT2D eigenvalue weighted by molar-refractivity contribution is 6.09. The minimum Gasteiger partial charge on any atom is -0.508 e. The van der Waals surface area contributed by atoms with Gasteiger partial charge in [-0.2, -0.15) is 0 Å². The molecule has 2 atom stereocenters. The zero-order valence-electron chi connectivity index (χ0n) is 16.4. The maximum absolute atomic E-state index is 13.2. The Kier molecular flexibility index (Phi) is 4.92. The van der Waals surface area contributed by atoms with Gasteiger partial charge in [-0.05, 0) is 49.1 Å². The number of benzene rings is 1. The maximum Gasteiger partial charge on any atom is 0.255 e. The van der Waals surface area contributed by atoms with Crippen molar-refractivity contribution >= 4 is 17.5 Å². The minimum atomic E-state index is -0.490. The molecule has 2 aromatic rings. The molecule has 0 saturated heterocycles. The molecule has 6 heteroatoms. The molecule has 6 nitrogen and oxygen atoms in total. The number of anilines is 1. The fourth-order valence-electron chi connectivity index (χ4n) is 4.16. The van der Waals surface area contributed by atoms with Crippen molar-refractivity contribution in [3.8, 4) is 5.75 Å². The SMILES string of the molecule is CC1=C(C(=O)Nc2ccccn2)[C@@H](c2ccc(O)cc2)C2=C(C[C@@H](C)CC2=O)N1. The number of ketones is 1. The van der Waals surface area contributed by atoms with Gasteiger partial charge in [0, 0.05) is 41.1 Å². The minimum absolute atomic E-state index is 0.0555. The van der Waals surface area contributed by atoms with E-state index < -0.39 is 5.92 Å². The number of amides is 1. The number of nitrogens with zero attached hydrogens (tertiary/aromatic N) is 1. The summed E-state index contributed by atoms with van der Waals surface area (Å²) in [6.07, 6.45) is 2.84. The molecule has 29 heavy (non-hydrogen) atoms. The van der Waals surface area contributed by atoms with Gasteiger partial charge in [-0.25, -0.2) is 4.98 Å². The van der Waals surface area contributed by atoms with E-state index >= 15 is 0 Å². The molecule has 148 valence electrons. The molecule has 1 aromatic heterocycles. The van der Waals surface area contributed by atoms with Gasteiger partial charge in [0.15, 0.2) is 5.78 Å². The zero-order chi connectivity index (χ0) is 20.5. The fraction of sp³-hybridized carbons (Fsp3) is 0.261. The second kappa shape index (κ2) is 7.54. The molecular weight excluding hydrogens is 366 g/mol. The van der Waals surface area contributed by atoms with Crippen molar-refractivity contribution < 1.29 is 14.7 Å². The molecule has 1 amide bonds. The summed E-state index contributed by atoms with van der Waals surface area (Å²) in [5.41, 5.74) is 3.54. The number of hydrogen-bond donors (Lipinski definition) is 3. The average molecular weight is 389 g/mol. The number of hydrogen-bond acceptors (Lipinski definition) is 5. The molecule has 0 spiro atoms. The van der Waals surface area contributed by atoms with Gasteiger partial charge < -0.3 is 15.7 Å². The van der Waals surface area contributed by atoms with E-state index in [9.17, 15) is 14.7 Å². The first kappa shape index (κ1) is 18.9. The van der Waals surface area contributed by atoms with Crippen molar-refractivity contribution in [3.63, 3.8) is 0 Å². The lowest BCUT2D eigenvalue weighted by atomic mass is 9.73. The number of phenols is 1. The third kappa shape index (κ3) is 3.66. The molecule has 0 saturated carbocycles. The number of allylic oxidation sites excluding steroid dienone is 3. The van der Waals surface area contributed by atoms with Crippen LogP contribution in [-0.2, 0) is 9.59 Å². The Balaban J connectivity index is 1.80. The molecule has 2 aliphatic rings. The molecule has 0 fully saturated rings. The summed E-state index contributed by atoms with van der Waals surface area (Å²) < 4.78 is 0. The lowest BCUT2D eigenvalue weighted by Crippen LogP contribution is -2.37. The highest BCUT2D eigenvalue weighted by Crippen LogP contribution is 2.43. The van der Waals surface area contributed by atoms with Crippen LogP contribution >= 0.6 is 0 Å². The largest absolute Gasteiger partial charge is 0.508 e. The number of rotatable bonds is 3. The number of Topliss-reactive ketones (excluding diaryl/α,β-unsaturated/α-hetero) is 1. The van der Waals surface area contributed by atoms with E-state index in [0.29, 0.717) is 23.4 Å². The highest BCUT2D eigenvalue weighted by Gasteiger charge is 2.39. The number of aromatic nitrogens is 1. The number of dihydropyridines is 1. The Hall–Kier alpha value is -3.41. The van der Waals surface area contributed by atoms with Crippen molar-refractivity contribution in [1.82, 2.24) is 10.3 Å². The lowest BCUT2D eigenvalue weighted by molar-refractivity contribution is -0.117. The molecule has 1 aliphatic heterocycles. The first-order valence-corrected chi connectivity index (χ1v) is 9.69. The van der Waals surface area contributed by atoms with Crippen LogP contribution in [0.5, 0.6) is 5.75 Å². The second-order valence-electron chi connectivity index (χ2n) is 7.69. The summed E-state index contributed by atoms with van der Waals surface area (Å²) >= 11 is 0. The summed E-state index contributed by atoms with van der Waals surface area (Å²) in [4.78, 5) is 30.4. The zero-order valence-corrected chi connectivity index (χ0v) is 16.4. The van der Waals surface area contributed by atoms with Crippen LogP contribution in [0, 0.1) is 5.92 Å². The van der Waals surface area contributed by atoms with Crippen LogP contribution in [0.25, 0.3) is 0 Å². The second-order valence-corrected chi connectivity index (χ2v) is 7.69. The highest BCUT2D eigenvalue weighted by atomic mass is 16.3. The first-order chi connectivity index (χ1) is 13.9. The van der Waals surface area contributed by atoms with E-state index in [1.54, 1.807) is 48.7 Å². The quantitative estimate of drug-likeness (QED) is 0.746. The molecule has 2 heterocycles. The van der Waals surface area contributed by atoms with Gasteiger partial charge in [0.25, 0.3) is 5.91 Å². The van der Waals surface area contributed by atoms with Gasteiger partial charge in [-0.15, -0.1) is 0 Å². The van der Waals surface area contributed by atoms with Crippen LogP contribution in [0.15, 0.2) is 71.2 Å². The van der Waals surface area contributed by atoms with Crippen molar-refractivity contribution in [1.29, 1.82) is 0 Å². The van der Waals surface area contributed by atoms with Crippen LogP contribution in [-0.4, -0.2) is 21.8 Å². The normalized spacial score (nSPS) is 21.5. The summed E-state index contributed by atoms with van der Waals surface area (Å²) in [7, 11) is 0. The molecule has 4 rings (SSSR count). The van der Waals surface area contributed by atoms with E-state index in [0.717, 1.165) is 23.4 Å². The average Bonchev–Trinajstić information content (AvgIpc) is 2.68. The van der Waals surface area contributed by atoms with Gasteiger partial charge >= 0.3 is 0 Å². The van der Waals surface area contributed by atoms with E-state index in [4.69, 9.17) is 0 Å². The Labute approximate surface area is 169 Å². The summed E-state index contributed by atoms with van der Waals surface area (Å²) in [6.45, 7) is 3.91. The first-order valence-electron chi connectivity index (χ1n) is 9.69. The van der Waals surface area contributed by atoms with Crippen LogP contribution < -0.4 is 10.6 Å². The van der Waals surface area contributed by atoms with Crippen LogP contribution in [0.1, 0.15) is 38.2 Å². The van der Waals surface area contributed by atoms with Gasteiger partial charge in [-0.1, -0.05) is 25.1 Å². The molecule has 0 bridgehead atoms. The molecule has 1 aromatic carbocycles. The Morgan fingerprint density at radius 3 is 2.62 bits per heavy atom. The summed E-state index contributed by atoms with van der Waals surface area (Å²) in [5, 5.41) is 15.9. The van der Waals surface area contributed by atoms with E-state index in [1.165, 1.54) is 0 Å². The number of nitrogens with one attached hydrogen (secondary N) is 2. The Morgan fingerprint density at radius 2 is 1.93 bits per heavy atom. The van der Waals surface area contributed by atoms with Gasteiger partial charge in [0.2, 0.25) is 0 Å². The topological polar surface area (TPSA) is 91.3 Å². The Bertz CT molecular complexity index is 1020. The molecule has 3 N–H and O–H groups in total. The standard InChI is InChI=1S/C23H23N3O3/c1-13-11-17-22(18(28)12-13)21(15-6-8-16(27)9-7-15)20(14(2)25-17)23(29)26-19-5-3-4-10-24-19/h3-10,13,21,25,27H,11-12H2,1-2H3,(H,24,26,29)/t13-,21-/m1/s1. The molecule has 0 unspecified atom stereocenters. The summed E-state index contributed by atoms with van der Waals surface area (Å²) in [5.74, 6) is 0.109. The van der Waals surface area contributed by atoms with Gasteiger partial charge in [0.1, 0.15) is 11.6 Å². The van der Waals surface area contributed by atoms with Gasteiger partial charge in [0.05, 0.1) is 0 Å². The lowest BCUT2D eigenvalue weighted by Gasteiger charge is -2.36. The number of phenolic OH excluding ortho intramolecular Hbond substituents is 1. The predicted molar refractivity (Wildman–Crippen MR) is 110 cm³/mol. The van der Waals surface area contributed by atoms with E-state index in [2.05, 4.69) is 22.5 Å². The van der Waals surface area contributed by atoms with Crippen LogP contribution in [0.4, 0.5) is 5.82 Å². The van der Waals surface area contributed by atoms with Gasteiger partial charge in [-0.3, -0.25) is 9.59 Å². The van der Waals surface area contributed by atoms with Crippen LogP contribution in [0.2, 0.25) is 0 Å². The molecule has 0 radical (unpaired) electrons. The summed E-state index contributed by atoms with van der Waals surface area (Å²) in [6, 6.07) is 12.0.